The molecule has 0 radical (unpaired) electrons. The van der Waals surface area contributed by atoms with Gasteiger partial charge in [-0.2, -0.15) is 4.98 Å². The van der Waals surface area contributed by atoms with Crippen LogP contribution in [0.3, 0.4) is 0 Å². The average Bonchev–Trinajstić information content (AvgIpc) is 2.63. The molecule has 0 saturated carbocycles. The second-order valence-corrected chi connectivity index (χ2v) is 6.19. The van der Waals surface area contributed by atoms with Crippen molar-refractivity contribution in [2.45, 2.75) is 26.7 Å². The van der Waals surface area contributed by atoms with Crippen molar-refractivity contribution in [3.05, 3.63) is 11.7 Å². The molecule has 0 unspecified atom stereocenters. The topological polar surface area (TPSA) is 85.1 Å². The Morgan fingerprint density at radius 2 is 2.06 bits per heavy atom. The molecule has 1 aromatic rings. The molecule has 6 nitrogen and oxygen atoms in total. The van der Waals surface area contributed by atoms with E-state index in [0.29, 0.717) is 37.6 Å². The SMILES string of the molecule is CCCS(=O)(=O)CCNCCc1nc(C)no1. The maximum atomic E-state index is 11.4. The van der Waals surface area contributed by atoms with Gasteiger partial charge in [0, 0.05) is 25.3 Å². The summed E-state index contributed by atoms with van der Waals surface area (Å²) in [6.07, 6.45) is 1.29. The predicted molar refractivity (Wildman–Crippen MR) is 64.6 cm³/mol. The van der Waals surface area contributed by atoms with Crippen LogP contribution in [-0.4, -0.2) is 43.2 Å². The fourth-order valence-electron chi connectivity index (χ4n) is 1.40. The number of hydrogen-bond acceptors (Lipinski definition) is 6. The van der Waals surface area contributed by atoms with Crippen LogP contribution in [0.1, 0.15) is 25.1 Å². The van der Waals surface area contributed by atoms with E-state index in [1.54, 1.807) is 6.92 Å². The Hall–Kier alpha value is -0.950. The number of rotatable bonds is 8. The quantitative estimate of drug-likeness (QED) is 0.679. The molecule has 1 aromatic heterocycles. The Kier molecular flexibility index (Phi) is 5.57. The first-order valence-corrected chi connectivity index (χ1v) is 7.56. The van der Waals surface area contributed by atoms with E-state index < -0.39 is 9.84 Å². The first kappa shape index (κ1) is 14.1. The van der Waals surface area contributed by atoms with Gasteiger partial charge in [-0.1, -0.05) is 12.1 Å². The Balaban J connectivity index is 2.13. The van der Waals surface area contributed by atoms with Crippen LogP contribution >= 0.6 is 0 Å². The summed E-state index contributed by atoms with van der Waals surface area (Å²) < 4.78 is 27.7. The van der Waals surface area contributed by atoms with Crippen molar-refractivity contribution in [3.63, 3.8) is 0 Å². The number of nitrogens with one attached hydrogen (secondary N) is 1. The third-order valence-electron chi connectivity index (χ3n) is 2.19. The van der Waals surface area contributed by atoms with Gasteiger partial charge in [0.05, 0.1) is 5.75 Å². The van der Waals surface area contributed by atoms with Crippen molar-refractivity contribution in [2.75, 3.05) is 24.6 Å². The molecule has 0 amide bonds. The molecule has 17 heavy (non-hydrogen) atoms. The van der Waals surface area contributed by atoms with E-state index in [4.69, 9.17) is 4.52 Å². The zero-order chi connectivity index (χ0) is 12.7. The van der Waals surface area contributed by atoms with Crippen LogP contribution in [0.5, 0.6) is 0 Å². The van der Waals surface area contributed by atoms with E-state index in [2.05, 4.69) is 15.5 Å². The largest absolute Gasteiger partial charge is 0.339 e. The lowest BCUT2D eigenvalue weighted by atomic mass is 10.4. The van der Waals surface area contributed by atoms with Crippen molar-refractivity contribution in [1.29, 1.82) is 0 Å². The summed E-state index contributed by atoms with van der Waals surface area (Å²) in [4.78, 5) is 4.05. The Morgan fingerprint density at radius 3 is 2.65 bits per heavy atom. The third kappa shape index (κ3) is 5.78. The zero-order valence-corrected chi connectivity index (χ0v) is 11.1. The van der Waals surface area contributed by atoms with E-state index in [1.807, 2.05) is 6.92 Å². The van der Waals surface area contributed by atoms with Crippen LogP contribution < -0.4 is 5.32 Å². The highest BCUT2D eigenvalue weighted by Crippen LogP contribution is 1.96. The highest BCUT2D eigenvalue weighted by atomic mass is 32.2. The average molecular weight is 261 g/mol. The molecule has 0 bridgehead atoms. The second kappa shape index (κ2) is 6.70. The molecular formula is C10H19N3O3S. The van der Waals surface area contributed by atoms with Gasteiger partial charge in [-0.3, -0.25) is 0 Å². The zero-order valence-electron chi connectivity index (χ0n) is 10.3. The normalized spacial score (nSPS) is 11.9. The smallest absolute Gasteiger partial charge is 0.227 e. The summed E-state index contributed by atoms with van der Waals surface area (Å²) in [6, 6.07) is 0. The van der Waals surface area contributed by atoms with Crippen LogP contribution in [0.25, 0.3) is 0 Å². The van der Waals surface area contributed by atoms with Gasteiger partial charge >= 0.3 is 0 Å². The van der Waals surface area contributed by atoms with Crippen LogP contribution in [-0.2, 0) is 16.3 Å². The lowest BCUT2D eigenvalue weighted by molar-refractivity contribution is 0.373. The number of aromatic nitrogens is 2. The summed E-state index contributed by atoms with van der Waals surface area (Å²) in [5, 5.41) is 6.72. The first-order chi connectivity index (χ1) is 8.03. The van der Waals surface area contributed by atoms with E-state index in [9.17, 15) is 8.42 Å². The third-order valence-corrected chi connectivity index (χ3v) is 4.05. The fourth-order valence-corrected chi connectivity index (χ4v) is 2.68. The van der Waals surface area contributed by atoms with Crippen molar-refractivity contribution in [2.24, 2.45) is 0 Å². The second-order valence-electron chi connectivity index (χ2n) is 3.89. The molecule has 7 heteroatoms. The number of nitrogens with zero attached hydrogens (tertiary/aromatic N) is 2. The van der Waals surface area contributed by atoms with Crippen molar-refractivity contribution in [1.82, 2.24) is 15.5 Å². The Labute approximate surface area is 102 Å². The molecule has 0 aliphatic heterocycles. The van der Waals surface area contributed by atoms with Crippen molar-refractivity contribution < 1.29 is 12.9 Å². The lowest BCUT2D eigenvalue weighted by Gasteiger charge is -2.03. The highest BCUT2D eigenvalue weighted by Gasteiger charge is 2.08. The predicted octanol–water partition coefficient (Wildman–Crippen LogP) is 0.335. The van der Waals surface area contributed by atoms with Gasteiger partial charge in [0.2, 0.25) is 5.89 Å². The number of hydrogen-bond donors (Lipinski definition) is 1. The summed E-state index contributed by atoms with van der Waals surface area (Å²) in [5.41, 5.74) is 0. The van der Waals surface area contributed by atoms with Crippen LogP contribution in [0.15, 0.2) is 4.52 Å². The summed E-state index contributed by atoms with van der Waals surface area (Å²) >= 11 is 0. The molecule has 0 aliphatic rings. The van der Waals surface area contributed by atoms with Gasteiger partial charge in [0.25, 0.3) is 0 Å². The van der Waals surface area contributed by atoms with E-state index >= 15 is 0 Å². The maximum Gasteiger partial charge on any atom is 0.227 e. The molecule has 0 fully saturated rings. The van der Waals surface area contributed by atoms with E-state index in [1.165, 1.54) is 0 Å². The van der Waals surface area contributed by atoms with Gasteiger partial charge in [-0.25, -0.2) is 8.42 Å². The standard InChI is InChI=1S/C10H19N3O3S/c1-3-7-17(14,15)8-6-11-5-4-10-12-9(2)13-16-10/h11H,3-8H2,1-2H3. The Morgan fingerprint density at radius 1 is 1.29 bits per heavy atom. The molecule has 0 spiro atoms. The molecule has 0 aliphatic carbocycles. The summed E-state index contributed by atoms with van der Waals surface area (Å²) in [6.45, 7) is 4.74. The van der Waals surface area contributed by atoms with Crippen LogP contribution in [0, 0.1) is 6.92 Å². The van der Waals surface area contributed by atoms with Gasteiger partial charge in [-0.05, 0) is 13.3 Å². The molecule has 98 valence electrons. The minimum atomic E-state index is -2.89. The van der Waals surface area contributed by atoms with E-state index in [-0.39, 0.29) is 11.5 Å². The van der Waals surface area contributed by atoms with Gasteiger partial charge in [-0.15, -0.1) is 0 Å². The van der Waals surface area contributed by atoms with Gasteiger partial charge < -0.3 is 9.84 Å². The van der Waals surface area contributed by atoms with Crippen LogP contribution in [0.2, 0.25) is 0 Å². The van der Waals surface area contributed by atoms with Gasteiger partial charge in [0.15, 0.2) is 15.7 Å². The molecule has 0 saturated heterocycles. The minimum Gasteiger partial charge on any atom is -0.339 e. The maximum absolute atomic E-state index is 11.4. The molecule has 0 aromatic carbocycles. The molecule has 0 atom stereocenters. The molecule has 1 N–H and O–H groups in total. The van der Waals surface area contributed by atoms with E-state index in [0.717, 1.165) is 0 Å². The Bertz CT molecular complexity index is 428. The fraction of sp³-hybridized carbons (Fsp3) is 0.800. The first-order valence-electron chi connectivity index (χ1n) is 5.74. The van der Waals surface area contributed by atoms with Gasteiger partial charge in [0.1, 0.15) is 0 Å². The summed E-state index contributed by atoms with van der Waals surface area (Å²) in [7, 11) is -2.89. The summed E-state index contributed by atoms with van der Waals surface area (Å²) in [5.74, 6) is 1.64. The number of sulfone groups is 1. The highest BCUT2D eigenvalue weighted by molar-refractivity contribution is 7.91. The molecule has 1 rings (SSSR count). The van der Waals surface area contributed by atoms with Crippen molar-refractivity contribution >= 4 is 9.84 Å². The van der Waals surface area contributed by atoms with Crippen molar-refractivity contribution in [3.8, 4) is 0 Å². The number of aryl methyl sites for hydroxylation is 1. The molecule has 1 heterocycles. The minimum absolute atomic E-state index is 0.184. The lowest BCUT2D eigenvalue weighted by Crippen LogP contribution is -2.26. The molecular weight excluding hydrogens is 242 g/mol. The van der Waals surface area contributed by atoms with Crippen LogP contribution in [0.4, 0.5) is 0 Å². The monoisotopic (exact) mass is 261 g/mol.